The molecule has 1 saturated heterocycles. The van der Waals surface area contributed by atoms with Gasteiger partial charge in [0, 0.05) is 24.5 Å². The van der Waals surface area contributed by atoms with Crippen LogP contribution in [0.1, 0.15) is 19.3 Å². The van der Waals surface area contributed by atoms with E-state index in [0.717, 1.165) is 30.2 Å². The van der Waals surface area contributed by atoms with Gasteiger partial charge in [-0.2, -0.15) is 0 Å². The van der Waals surface area contributed by atoms with Crippen LogP contribution in [-0.4, -0.2) is 38.0 Å². The molecule has 2 heterocycles. The molecule has 2 aromatic rings. The summed E-state index contributed by atoms with van der Waals surface area (Å²) in [5, 5.41) is 5.77. The standard InChI is InChI=1S/C21H24N4O2/c26-20(14-25-15-21(27)23-18-6-2-3-7-19(18)25)22-16-8-10-17(11-9-16)24-12-4-1-5-13-24/h2-3,6-11H,1,4-5,12-15H2,(H,22,26)(H,23,27). The Labute approximate surface area is 159 Å². The highest BCUT2D eigenvalue weighted by atomic mass is 16.2. The van der Waals surface area contributed by atoms with Crippen LogP contribution in [0.5, 0.6) is 0 Å². The number of amides is 2. The third-order valence-electron chi connectivity index (χ3n) is 5.06. The second-order valence-electron chi connectivity index (χ2n) is 7.06. The molecule has 0 atom stereocenters. The fraction of sp³-hybridized carbons (Fsp3) is 0.333. The minimum absolute atomic E-state index is 0.104. The number of carbonyl (C=O) groups excluding carboxylic acids is 2. The zero-order valence-electron chi connectivity index (χ0n) is 15.3. The van der Waals surface area contributed by atoms with Crippen LogP contribution in [0.15, 0.2) is 48.5 Å². The predicted molar refractivity (Wildman–Crippen MR) is 108 cm³/mol. The smallest absolute Gasteiger partial charge is 0.243 e. The van der Waals surface area contributed by atoms with E-state index in [2.05, 4.69) is 27.7 Å². The maximum atomic E-state index is 12.5. The van der Waals surface area contributed by atoms with Gasteiger partial charge in [-0.1, -0.05) is 12.1 Å². The Balaban J connectivity index is 1.39. The third-order valence-corrected chi connectivity index (χ3v) is 5.06. The van der Waals surface area contributed by atoms with Crippen molar-refractivity contribution in [2.45, 2.75) is 19.3 Å². The number of para-hydroxylation sites is 2. The lowest BCUT2D eigenvalue weighted by Gasteiger charge is -2.30. The molecule has 2 N–H and O–H groups in total. The third kappa shape index (κ3) is 4.05. The van der Waals surface area contributed by atoms with Crippen LogP contribution in [0.2, 0.25) is 0 Å². The SMILES string of the molecule is O=C(CN1CC(=O)Nc2ccccc21)Nc1ccc(N2CCCCC2)cc1. The van der Waals surface area contributed by atoms with Gasteiger partial charge in [0.2, 0.25) is 11.8 Å². The van der Waals surface area contributed by atoms with Crippen molar-refractivity contribution in [2.24, 2.45) is 0 Å². The Morgan fingerprint density at radius 3 is 2.52 bits per heavy atom. The second kappa shape index (κ2) is 7.70. The lowest BCUT2D eigenvalue weighted by molar-refractivity contribution is -0.115. The topological polar surface area (TPSA) is 64.7 Å². The molecular formula is C21H24N4O2. The number of hydrogen-bond acceptors (Lipinski definition) is 4. The van der Waals surface area contributed by atoms with Gasteiger partial charge in [0.05, 0.1) is 24.5 Å². The van der Waals surface area contributed by atoms with E-state index in [0.29, 0.717) is 0 Å². The number of piperidine rings is 1. The van der Waals surface area contributed by atoms with E-state index in [4.69, 9.17) is 0 Å². The summed E-state index contributed by atoms with van der Waals surface area (Å²) in [4.78, 5) is 28.5. The normalized spacial score (nSPS) is 16.5. The average Bonchev–Trinajstić information content (AvgIpc) is 2.69. The molecule has 2 aliphatic rings. The van der Waals surface area contributed by atoms with Crippen molar-refractivity contribution < 1.29 is 9.59 Å². The van der Waals surface area contributed by atoms with Crippen LogP contribution >= 0.6 is 0 Å². The summed E-state index contributed by atoms with van der Waals surface area (Å²) in [6.45, 7) is 2.51. The van der Waals surface area contributed by atoms with Gasteiger partial charge in [0.25, 0.3) is 0 Å². The molecule has 27 heavy (non-hydrogen) atoms. The predicted octanol–water partition coefficient (Wildman–Crippen LogP) is 3.07. The van der Waals surface area contributed by atoms with Crippen LogP contribution in [0, 0.1) is 0 Å². The van der Waals surface area contributed by atoms with Gasteiger partial charge in [-0.3, -0.25) is 9.59 Å². The number of hydrogen-bond donors (Lipinski definition) is 2. The fourth-order valence-corrected chi connectivity index (χ4v) is 3.73. The average molecular weight is 364 g/mol. The first-order chi connectivity index (χ1) is 13.2. The molecule has 2 aliphatic heterocycles. The summed E-state index contributed by atoms with van der Waals surface area (Å²) in [5.41, 5.74) is 3.59. The van der Waals surface area contributed by atoms with Crippen molar-refractivity contribution in [1.82, 2.24) is 0 Å². The molecule has 0 saturated carbocycles. The zero-order valence-corrected chi connectivity index (χ0v) is 15.3. The van der Waals surface area contributed by atoms with E-state index in [1.807, 2.05) is 36.4 Å². The van der Waals surface area contributed by atoms with Crippen LogP contribution < -0.4 is 20.4 Å². The van der Waals surface area contributed by atoms with E-state index in [1.165, 1.54) is 24.9 Å². The molecule has 0 spiro atoms. The number of fused-ring (bicyclic) bond motifs is 1. The minimum Gasteiger partial charge on any atom is -0.372 e. The van der Waals surface area contributed by atoms with Crippen molar-refractivity contribution in [3.63, 3.8) is 0 Å². The highest BCUT2D eigenvalue weighted by Crippen LogP contribution is 2.28. The highest BCUT2D eigenvalue weighted by Gasteiger charge is 2.23. The van der Waals surface area contributed by atoms with E-state index in [-0.39, 0.29) is 24.9 Å². The summed E-state index contributed by atoms with van der Waals surface area (Å²) in [5.74, 6) is -0.238. The Bertz CT molecular complexity index is 828. The molecule has 2 aromatic carbocycles. The molecule has 4 rings (SSSR count). The van der Waals surface area contributed by atoms with E-state index in [9.17, 15) is 9.59 Å². The second-order valence-corrected chi connectivity index (χ2v) is 7.06. The summed E-state index contributed by atoms with van der Waals surface area (Å²) in [7, 11) is 0. The van der Waals surface area contributed by atoms with Gasteiger partial charge < -0.3 is 20.4 Å². The Hall–Kier alpha value is -3.02. The van der Waals surface area contributed by atoms with Crippen molar-refractivity contribution in [2.75, 3.05) is 46.6 Å². The highest BCUT2D eigenvalue weighted by molar-refractivity contribution is 6.03. The largest absolute Gasteiger partial charge is 0.372 e. The number of nitrogens with zero attached hydrogens (tertiary/aromatic N) is 2. The van der Waals surface area contributed by atoms with Gasteiger partial charge in [0.15, 0.2) is 0 Å². The van der Waals surface area contributed by atoms with Gasteiger partial charge in [-0.25, -0.2) is 0 Å². The molecule has 6 nitrogen and oxygen atoms in total. The quantitative estimate of drug-likeness (QED) is 0.875. The maximum Gasteiger partial charge on any atom is 0.243 e. The number of anilines is 4. The number of benzene rings is 2. The fourth-order valence-electron chi connectivity index (χ4n) is 3.73. The van der Waals surface area contributed by atoms with Crippen molar-refractivity contribution in [1.29, 1.82) is 0 Å². The first-order valence-corrected chi connectivity index (χ1v) is 9.48. The maximum absolute atomic E-state index is 12.5. The molecule has 0 aliphatic carbocycles. The molecular weight excluding hydrogens is 340 g/mol. The van der Waals surface area contributed by atoms with Crippen molar-refractivity contribution in [3.8, 4) is 0 Å². The zero-order chi connectivity index (χ0) is 18.6. The monoisotopic (exact) mass is 364 g/mol. The van der Waals surface area contributed by atoms with E-state index >= 15 is 0 Å². The molecule has 1 fully saturated rings. The lowest BCUT2D eigenvalue weighted by atomic mass is 10.1. The summed E-state index contributed by atoms with van der Waals surface area (Å²) < 4.78 is 0. The molecule has 6 heteroatoms. The summed E-state index contributed by atoms with van der Waals surface area (Å²) >= 11 is 0. The van der Waals surface area contributed by atoms with Crippen molar-refractivity contribution >= 4 is 34.6 Å². The molecule has 2 amide bonds. The van der Waals surface area contributed by atoms with Gasteiger partial charge in [-0.05, 0) is 55.7 Å². The van der Waals surface area contributed by atoms with Crippen LogP contribution in [0.3, 0.4) is 0 Å². The van der Waals surface area contributed by atoms with Crippen molar-refractivity contribution in [3.05, 3.63) is 48.5 Å². The van der Waals surface area contributed by atoms with Gasteiger partial charge in [-0.15, -0.1) is 0 Å². The molecule has 0 bridgehead atoms. The van der Waals surface area contributed by atoms with Crippen LogP contribution in [0.4, 0.5) is 22.7 Å². The molecule has 0 aromatic heterocycles. The molecule has 0 unspecified atom stereocenters. The number of nitrogens with one attached hydrogen (secondary N) is 2. The lowest BCUT2D eigenvalue weighted by Crippen LogP contribution is -2.42. The Morgan fingerprint density at radius 1 is 1.00 bits per heavy atom. The van der Waals surface area contributed by atoms with Gasteiger partial charge >= 0.3 is 0 Å². The molecule has 140 valence electrons. The van der Waals surface area contributed by atoms with Crippen LogP contribution in [0.25, 0.3) is 0 Å². The van der Waals surface area contributed by atoms with Crippen LogP contribution in [-0.2, 0) is 9.59 Å². The number of rotatable bonds is 4. The minimum atomic E-state index is -0.134. The van der Waals surface area contributed by atoms with E-state index < -0.39 is 0 Å². The van der Waals surface area contributed by atoms with Gasteiger partial charge in [0.1, 0.15) is 0 Å². The summed E-state index contributed by atoms with van der Waals surface area (Å²) in [6, 6.07) is 15.5. The Kier molecular flexibility index (Phi) is 4.96. The summed E-state index contributed by atoms with van der Waals surface area (Å²) in [6.07, 6.45) is 3.79. The first kappa shape index (κ1) is 17.4. The van der Waals surface area contributed by atoms with E-state index in [1.54, 1.807) is 4.90 Å². The first-order valence-electron chi connectivity index (χ1n) is 9.48. The Morgan fingerprint density at radius 2 is 1.74 bits per heavy atom. The number of carbonyl (C=O) groups is 2. The molecule has 0 radical (unpaired) electrons.